The molecule has 1 N–H and O–H groups in total. The number of pyridine rings is 1. The maximum Gasteiger partial charge on any atom is 0.220 e. The lowest BCUT2D eigenvalue weighted by atomic mass is 10.1. The summed E-state index contributed by atoms with van der Waals surface area (Å²) in [5.74, 6) is 1.13. The second-order valence-corrected chi connectivity index (χ2v) is 5.67. The molecule has 22 heavy (non-hydrogen) atoms. The molecule has 0 saturated carbocycles. The van der Waals surface area contributed by atoms with Gasteiger partial charge >= 0.3 is 0 Å². The van der Waals surface area contributed by atoms with Crippen molar-refractivity contribution in [3.8, 4) is 0 Å². The number of benzene rings is 1. The number of hydrogen-bond acceptors (Lipinski definition) is 3. The second kappa shape index (κ2) is 7.07. The van der Waals surface area contributed by atoms with Gasteiger partial charge in [0, 0.05) is 31.7 Å². The highest BCUT2D eigenvalue weighted by molar-refractivity contribution is 5.76. The van der Waals surface area contributed by atoms with E-state index in [-0.39, 0.29) is 11.9 Å². The molecule has 0 unspecified atom stereocenters. The van der Waals surface area contributed by atoms with Crippen molar-refractivity contribution in [1.82, 2.24) is 10.3 Å². The third-order valence-electron chi connectivity index (χ3n) is 4.01. The highest BCUT2D eigenvalue weighted by Gasteiger charge is 2.24. The number of amides is 1. The molecule has 1 amide bonds. The van der Waals surface area contributed by atoms with Crippen molar-refractivity contribution >= 4 is 11.7 Å². The minimum atomic E-state index is 0.136. The third-order valence-corrected chi connectivity index (χ3v) is 4.01. The summed E-state index contributed by atoms with van der Waals surface area (Å²) in [6.07, 6.45) is 4.13. The largest absolute Gasteiger partial charge is 0.354 e. The molecular weight excluding hydrogens is 274 g/mol. The molecule has 2 aromatic rings. The summed E-state index contributed by atoms with van der Waals surface area (Å²) in [6, 6.07) is 16.3. The molecule has 1 atom stereocenters. The summed E-state index contributed by atoms with van der Waals surface area (Å²) in [5.41, 5.74) is 1.21. The quantitative estimate of drug-likeness (QED) is 0.921. The van der Waals surface area contributed by atoms with Crippen LogP contribution in [-0.2, 0) is 11.2 Å². The van der Waals surface area contributed by atoms with Crippen LogP contribution in [0.2, 0.25) is 0 Å². The van der Waals surface area contributed by atoms with Crippen LogP contribution in [0.1, 0.15) is 18.4 Å². The summed E-state index contributed by atoms with van der Waals surface area (Å²) in [5, 5.41) is 3.14. The monoisotopic (exact) mass is 295 g/mol. The minimum absolute atomic E-state index is 0.136. The standard InChI is InChI=1S/C18H21N3O/c22-18(10-9-15-6-2-1-3-7-15)20-16-11-13-21(14-16)17-8-4-5-12-19-17/h1-8,12,16H,9-11,13-14H2,(H,20,22)/t16-/m1/s1. The van der Waals surface area contributed by atoms with Gasteiger partial charge < -0.3 is 10.2 Å². The van der Waals surface area contributed by atoms with E-state index >= 15 is 0 Å². The molecule has 0 radical (unpaired) electrons. The van der Waals surface area contributed by atoms with Crippen LogP contribution in [0.15, 0.2) is 54.7 Å². The van der Waals surface area contributed by atoms with Gasteiger partial charge in [0.2, 0.25) is 5.91 Å². The average Bonchev–Trinajstić information content (AvgIpc) is 3.03. The lowest BCUT2D eigenvalue weighted by molar-refractivity contribution is -0.121. The van der Waals surface area contributed by atoms with Gasteiger partial charge in [-0.05, 0) is 30.5 Å². The maximum atomic E-state index is 12.1. The van der Waals surface area contributed by atoms with E-state index in [2.05, 4.69) is 27.3 Å². The Kier molecular flexibility index (Phi) is 4.68. The van der Waals surface area contributed by atoms with Gasteiger partial charge in [0.25, 0.3) is 0 Å². The SMILES string of the molecule is O=C(CCc1ccccc1)N[C@@H]1CCN(c2ccccn2)C1. The first kappa shape index (κ1) is 14.6. The number of rotatable bonds is 5. The smallest absolute Gasteiger partial charge is 0.220 e. The van der Waals surface area contributed by atoms with Crippen molar-refractivity contribution in [2.24, 2.45) is 0 Å². The Bertz CT molecular complexity index is 600. The summed E-state index contributed by atoms with van der Waals surface area (Å²) < 4.78 is 0. The molecule has 1 aromatic heterocycles. The highest BCUT2D eigenvalue weighted by Crippen LogP contribution is 2.17. The Morgan fingerprint density at radius 1 is 1.18 bits per heavy atom. The number of carbonyl (C=O) groups excluding carboxylic acids is 1. The highest BCUT2D eigenvalue weighted by atomic mass is 16.1. The Morgan fingerprint density at radius 3 is 2.77 bits per heavy atom. The fraction of sp³-hybridized carbons (Fsp3) is 0.333. The number of aryl methyl sites for hydroxylation is 1. The van der Waals surface area contributed by atoms with Crippen molar-refractivity contribution in [2.75, 3.05) is 18.0 Å². The summed E-state index contributed by atoms with van der Waals surface area (Å²) in [6.45, 7) is 1.79. The molecule has 1 fully saturated rings. The fourth-order valence-electron chi connectivity index (χ4n) is 2.83. The van der Waals surface area contributed by atoms with Gasteiger partial charge in [-0.25, -0.2) is 4.98 Å². The number of carbonyl (C=O) groups is 1. The predicted octanol–water partition coefficient (Wildman–Crippen LogP) is 2.41. The molecule has 2 heterocycles. The zero-order valence-electron chi connectivity index (χ0n) is 12.6. The van der Waals surface area contributed by atoms with Crippen molar-refractivity contribution in [3.05, 3.63) is 60.3 Å². The molecule has 1 aliphatic heterocycles. The van der Waals surface area contributed by atoms with E-state index in [1.807, 2.05) is 36.4 Å². The van der Waals surface area contributed by atoms with Gasteiger partial charge in [0.05, 0.1) is 0 Å². The molecule has 0 bridgehead atoms. The Hall–Kier alpha value is -2.36. The van der Waals surface area contributed by atoms with E-state index < -0.39 is 0 Å². The van der Waals surface area contributed by atoms with Gasteiger partial charge in [0.15, 0.2) is 0 Å². The van der Waals surface area contributed by atoms with Crippen molar-refractivity contribution in [3.63, 3.8) is 0 Å². The van der Waals surface area contributed by atoms with Crippen LogP contribution in [0, 0.1) is 0 Å². The average molecular weight is 295 g/mol. The minimum Gasteiger partial charge on any atom is -0.354 e. The number of aromatic nitrogens is 1. The maximum absolute atomic E-state index is 12.1. The number of hydrogen-bond donors (Lipinski definition) is 1. The van der Waals surface area contributed by atoms with E-state index in [1.54, 1.807) is 6.20 Å². The predicted molar refractivity (Wildman–Crippen MR) is 87.8 cm³/mol. The Balaban J connectivity index is 1.45. The van der Waals surface area contributed by atoms with Gasteiger partial charge in [-0.15, -0.1) is 0 Å². The molecule has 4 nitrogen and oxygen atoms in total. The van der Waals surface area contributed by atoms with Gasteiger partial charge in [-0.1, -0.05) is 36.4 Å². The summed E-state index contributed by atoms with van der Waals surface area (Å²) >= 11 is 0. The lowest BCUT2D eigenvalue weighted by Crippen LogP contribution is -2.37. The summed E-state index contributed by atoms with van der Waals surface area (Å²) in [4.78, 5) is 18.7. The molecule has 0 aliphatic carbocycles. The van der Waals surface area contributed by atoms with Gasteiger partial charge in [-0.3, -0.25) is 4.79 Å². The molecule has 1 saturated heterocycles. The van der Waals surface area contributed by atoms with Crippen LogP contribution >= 0.6 is 0 Å². The van der Waals surface area contributed by atoms with Crippen molar-refractivity contribution < 1.29 is 4.79 Å². The third kappa shape index (κ3) is 3.85. The summed E-state index contributed by atoms with van der Waals surface area (Å²) in [7, 11) is 0. The fourth-order valence-corrected chi connectivity index (χ4v) is 2.83. The molecule has 1 aromatic carbocycles. The zero-order valence-corrected chi connectivity index (χ0v) is 12.6. The van der Waals surface area contributed by atoms with E-state index in [4.69, 9.17) is 0 Å². The molecular formula is C18H21N3O. The first-order chi connectivity index (χ1) is 10.8. The van der Waals surface area contributed by atoms with Gasteiger partial charge in [0.1, 0.15) is 5.82 Å². The first-order valence-corrected chi connectivity index (χ1v) is 7.80. The molecule has 1 aliphatic rings. The molecule has 3 rings (SSSR count). The molecule has 4 heteroatoms. The second-order valence-electron chi connectivity index (χ2n) is 5.67. The normalized spacial score (nSPS) is 17.5. The Morgan fingerprint density at radius 2 is 2.00 bits per heavy atom. The zero-order chi connectivity index (χ0) is 15.2. The van der Waals surface area contributed by atoms with Crippen molar-refractivity contribution in [2.45, 2.75) is 25.3 Å². The van der Waals surface area contributed by atoms with E-state index in [1.165, 1.54) is 5.56 Å². The van der Waals surface area contributed by atoms with E-state index in [9.17, 15) is 4.79 Å². The topological polar surface area (TPSA) is 45.2 Å². The van der Waals surface area contributed by atoms with E-state index in [0.717, 1.165) is 31.7 Å². The van der Waals surface area contributed by atoms with Crippen LogP contribution in [0.3, 0.4) is 0 Å². The first-order valence-electron chi connectivity index (χ1n) is 7.80. The van der Waals surface area contributed by atoms with Crippen molar-refractivity contribution in [1.29, 1.82) is 0 Å². The molecule has 0 spiro atoms. The molecule has 114 valence electrons. The van der Waals surface area contributed by atoms with E-state index in [0.29, 0.717) is 6.42 Å². The van der Waals surface area contributed by atoms with Crippen LogP contribution in [0.25, 0.3) is 0 Å². The van der Waals surface area contributed by atoms with Gasteiger partial charge in [-0.2, -0.15) is 0 Å². The Labute approximate surface area is 131 Å². The lowest BCUT2D eigenvalue weighted by Gasteiger charge is -2.17. The van der Waals surface area contributed by atoms with Crippen LogP contribution in [-0.4, -0.2) is 30.0 Å². The van der Waals surface area contributed by atoms with Crippen LogP contribution < -0.4 is 10.2 Å². The van der Waals surface area contributed by atoms with Crippen LogP contribution in [0.4, 0.5) is 5.82 Å². The number of anilines is 1. The number of nitrogens with one attached hydrogen (secondary N) is 1. The van der Waals surface area contributed by atoms with Crippen LogP contribution in [0.5, 0.6) is 0 Å². The number of nitrogens with zero attached hydrogens (tertiary/aromatic N) is 2.